The van der Waals surface area contributed by atoms with E-state index in [-0.39, 0.29) is 18.2 Å². The van der Waals surface area contributed by atoms with Gasteiger partial charge in [-0.05, 0) is 37.2 Å². The van der Waals surface area contributed by atoms with Crippen molar-refractivity contribution in [2.45, 2.75) is 32.0 Å². The highest BCUT2D eigenvalue weighted by Crippen LogP contribution is 2.28. The molecule has 0 spiro atoms. The van der Waals surface area contributed by atoms with E-state index in [0.717, 1.165) is 16.9 Å². The zero-order chi connectivity index (χ0) is 18.3. The normalized spacial score (nSPS) is 19.7. The minimum atomic E-state index is -0.607. The number of hydrogen-bond acceptors (Lipinski definition) is 6. The Morgan fingerprint density at radius 3 is 2.92 bits per heavy atom. The average Bonchev–Trinajstić information content (AvgIpc) is 3.20. The van der Waals surface area contributed by atoms with Crippen molar-refractivity contribution in [1.82, 2.24) is 30.5 Å². The average molecular weight is 354 g/mol. The van der Waals surface area contributed by atoms with E-state index in [0.29, 0.717) is 25.1 Å². The van der Waals surface area contributed by atoms with E-state index in [1.165, 1.54) is 4.90 Å². The molecular weight excluding hydrogens is 336 g/mol. The van der Waals surface area contributed by atoms with E-state index >= 15 is 0 Å². The first-order valence-corrected chi connectivity index (χ1v) is 8.40. The summed E-state index contributed by atoms with van der Waals surface area (Å²) in [6, 6.07) is 4.84. The lowest BCUT2D eigenvalue weighted by Crippen LogP contribution is -2.52. The Bertz CT molecular complexity index is 906. The Labute approximate surface area is 149 Å². The lowest BCUT2D eigenvalue weighted by molar-refractivity contribution is -0.136. The number of piperidine rings is 1. The molecule has 0 saturated carbocycles. The van der Waals surface area contributed by atoms with E-state index in [4.69, 9.17) is 0 Å². The molecule has 1 saturated heterocycles. The maximum atomic E-state index is 12.7. The number of imide groups is 1. The van der Waals surface area contributed by atoms with Gasteiger partial charge in [0, 0.05) is 25.1 Å². The zero-order valence-electron chi connectivity index (χ0n) is 14.2. The predicted molar refractivity (Wildman–Crippen MR) is 90.2 cm³/mol. The van der Waals surface area contributed by atoms with E-state index in [9.17, 15) is 14.4 Å². The third-order valence-electron chi connectivity index (χ3n) is 4.67. The van der Waals surface area contributed by atoms with E-state index < -0.39 is 11.9 Å². The number of amides is 3. The minimum absolute atomic E-state index is 0.185. The van der Waals surface area contributed by atoms with Crippen molar-refractivity contribution in [3.8, 4) is 5.69 Å². The van der Waals surface area contributed by atoms with E-state index in [1.807, 2.05) is 25.4 Å². The standard InChI is InChI=1S/C17H18N6O3/c1-18-7-11-9-23(21-20-11)12-2-3-13-10(6-12)8-22(17(13)26)14-4-5-15(24)19-16(14)25/h2-3,6,9,14,18H,4-5,7-8H2,1H3,(H,19,24,25). The minimum Gasteiger partial charge on any atom is -0.322 e. The van der Waals surface area contributed by atoms with Crippen molar-refractivity contribution >= 4 is 17.7 Å². The molecule has 3 amide bonds. The van der Waals surface area contributed by atoms with Crippen LogP contribution in [0.3, 0.4) is 0 Å². The molecule has 9 nitrogen and oxygen atoms in total. The van der Waals surface area contributed by atoms with Crippen LogP contribution in [0.1, 0.15) is 34.5 Å². The van der Waals surface area contributed by atoms with E-state index in [2.05, 4.69) is 20.9 Å². The smallest absolute Gasteiger partial charge is 0.255 e. The number of carbonyl (C=O) groups excluding carboxylic acids is 3. The van der Waals surface area contributed by atoms with Crippen LogP contribution in [0.5, 0.6) is 0 Å². The largest absolute Gasteiger partial charge is 0.322 e. The van der Waals surface area contributed by atoms with Gasteiger partial charge in [-0.1, -0.05) is 5.21 Å². The highest BCUT2D eigenvalue weighted by atomic mass is 16.2. The summed E-state index contributed by atoms with van der Waals surface area (Å²) in [5, 5.41) is 13.5. The van der Waals surface area contributed by atoms with Crippen LogP contribution < -0.4 is 10.6 Å². The zero-order valence-corrected chi connectivity index (χ0v) is 14.2. The number of carbonyl (C=O) groups is 3. The van der Waals surface area contributed by atoms with Crippen LogP contribution in [0.2, 0.25) is 0 Å². The molecule has 0 bridgehead atoms. The predicted octanol–water partition coefficient (Wildman–Crippen LogP) is -0.252. The second-order valence-corrected chi connectivity index (χ2v) is 6.43. The lowest BCUT2D eigenvalue weighted by atomic mass is 10.0. The van der Waals surface area contributed by atoms with Gasteiger partial charge in [-0.15, -0.1) is 5.10 Å². The first-order valence-electron chi connectivity index (χ1n) is 8.40. The maximum Gasteiger partial charge on any atom is 0.255 e. The van der Waals surface area contributed by atoms with Gasteiger partial charge in [-0.25, -0.2) is 4.68 Å². The van der Waals surface area contributed by atoms with Crippen molar-refractivity contribution in [3.05, 3.63) is 41.2 Å². The van der Waals surface area contributed by atoms with Crippen LogP contribution in [-0.2, 0) is 22.7 Å². The van der Waals surface area contributed by atoms with Gasteiger partial charge in [-0.3, -0.25) is 19.7 Å². The third-order valence-corrected chi connectivity index (χ3v) is 4.67. The van der Waals surface area contributed by atoms with Crippen LogP contribution in [0, 0.1) is 0 Å². The molecular formula is C17H18N6O3. The van der Waals surface area contributed by atoms with Gasteiger partial charge in [0.15, 0.2) is 0 Å². The number of nitrogens with zero attached hydrogens (tertiary/aromatic N) is 4. The Morgan fingerprint density at radius 2 is 2.15 bits per heavy atom. The van der Waals surface area contributed by atoms with Crippen LogP contribution >= 0.6 is 0 Å². The van der Waals surface area contributed by atoms with Crippen LogP contribution in [-0.4, -0.2) is 50.7 Å². The van der Waals surface area contributed by atoms with Gasteiger partial charge >= 0.3 is 0 Å². The van der Waals surface area contributed by atoms with Crippen LogP contribution in [0.15, 0.2) is 24.4 Å². The molecule has 3 heterocycles. The fourth-order valence-electron chi connectivity index (χ4n) is 3.39. The first-order chi connectivity index (χ1) is 12.6. The van der Waals surface area contributed by atoms with Gasteiger partial charge < -0.3 is 10.2 Å². The number of aromatic nitrogens is 3. The van der Waals surface area contributed by atoms with E-state index in [1.54, 1.807) is 10.7 Å². The van der Waals surface area contributed by atoms with Crippen molar-refractivity contribution in [1.29, 1.82) is 0 Å². The van der Waals surface area contributed by atoms with Crippen molar-refractivity contribution in [3.63, 3.8) is 0 Å². The quantitative estimate of drug-likeness (QED) is 0.733. The summed E-state index contributed by atoms with van der Waals surface area (Å²) in [5.41, 5.74) is 3.03. The van der Waals surface area contributed by atoms with Gasteiger partial charge in [0.25, 0.3) is 5.91 Å². The summed E-state index contributed by atoms with van der Waals surface area (Å²) in [6.45, 7) is 0.957. The number of fused-ring (bicyclic) bond motifs is 1. The molecule has 1 fully saturated rings. The maximum absolute atomic E-state index is 12.7. The topological polar surface area (TPSA) is 109 Å². The number of benzene rings is 1. The Kier molecular flexibility index (Phi) is 4.00. The second-order valence-electron chi connectivity index (χ2n) is 6.43. The van der Waals surface area contributed by atoms with Crippen molar-refractivity contribution < 1.29 is 14.4 Å². The van der Waals surface area contributed by atoms with Crippen LogP contribution in [0.4, 0.5) is 0 Å². The van der Waals surface area contributed by atoms with Crippen molar-refractivity contribution in [2.75, 3.05) is 7.05 Å². The van der Waals surface area contributed by atoms with Gasteiger partial charge in [0.05, 0.1) is 17.6 Å². The van der Waals surface area contributed by atoms with Crippen LogP contribution in [0.25, 0.3) is 5.69 Å². The highest BCUT2D eigenvalue weighted by molar-refractivity contribution is 6.05. The lowest BCUT2D eigenvalue weighted by Gasteiger charge is -2.29. The number of rotatable bonds is 4. The molecule has 4 rings (SSSR count). The molecule has 0 aliphatic carbocycles. The van der Waals surface area contributed by atoms with Gasteiger partial charge in [0.2, 0.25) is 11.8 Å². The molecule has 2 N–H and O–H groups in total. The Balaban J connectivity index is 1.58. The highest BCUT2D eigenvalue weighted by Gasteiger charge is 2.39. The Hall–Kier alpha value is -3.07. The number of hydrogen-bond donors (Lipinski definition) is 2. The summed E-state index contributed by atoms with van der Waals surface area (Å²) >= 11 is 0. The summed E-state index contributed by atoms with van der Waals surface area (Å²) in [5.74, 6) is -0.882. The van der Waals surface area contributed by atoms with Gasteiger partial charge in [-0.2, -0.15) is 0 Å². The Morgan fingerprint density at radius 1 is 1.31 bits per heavy atom. The molecule has 1 unspecified atom stereocenters. The molecule has 2 aliphatic rings. The number of nitrogens with one attached hydrogen (secondary N) is 2. The fourth-order valence-corrected chi connectivity index (χ4v) is 3.39. The summed E-state index contributed by atoms with van der Waals surface area (Å²) < 4.78 is 1.66. The van der Waals surface area contributed by atoms with Gasteiger partial charge in [0.1, 0.15) is 6.04 Å². The molecule has 2 aromatic rings. The molecule has 26 heavy (non-hydrogen) atoms. The molecule has 9 heteroatoms. The molecule has 2 aliphatic heterocycles. The molecule has 0 radical (unpaired) electrons. The fraction of sp³-hybridized carbons (Fsp3) is 0.353. The summed E-state index contributed by atoms with van der Waals surface area (Å²) in [7, 11) is 1.84. The summed E-state index contributed by atoms with van der Waals surface area (Å²) in [6.07, 6.45) is 2.43. The van der Waals surface area contributed by atoms with Crippen molar-refractivity contribution in [2.24, 2.45) is 0 Å². The first kappa shape index (κ1) is 16.4. The monoisotopic (exact) mass is 354 g/mol. The molecule has 1 aromatic carbocycles. The second kappa shape index (κ2) is 6.34. The molecule has 1 aromatic heterocycles. The third kappa shape index (κ3) is 2.76. The molecule has 1 atom stereocenters. The molecule has 134 valence electrons. The SMILES string of the molecule is CNCc1cn(-c2ccc3c(c2)CN(C2CCC(=O)NC2=O)C3=O)nn1. The summed E-state index contributed by atoms with van der Waals surface area (Å²) in [4.78, 5) is 37.6.